The Labute approximate surface area is 269 Å². The van der Waals surface area contributed by atoms with Gasteiger partial charge in [0.1, 0.15) is 95.8 Å². The molecular weight excluding hydrogens is 648 g/mol. The summed E-state index contributed by atoms with van der Waals surface area (Å²) in [6.07, 6.45) is -17.0. The standard InChI is InChI=1S/C30H32O18/c31-9-18-23(37)25(39)27(41)30(47-18)45-13-5-14(32)22-15(33)7-16(46-17(22)6-13)11-1-3-12(4-2-11)44-29-28(42)26(40)24(38)19(48-29)10-43-21(36)8-20(34)35/h1-7,18-19,23-32,37-42H,8-10H2,(H,34,35)/t18-,19-,23-,24-,25+,26+,27-,28-,29-,30-/m1/s1. The van der Waals surface area contributed by atoms with E-state index in [-0.39, 0.29) is 28.2 Å². The molecule has 260 valence electrons. The van der Waals surface area contributed by atoms with Crippen LogP contribution >= 0.6 is 0 Å². The van der Waals surface area contributed by atoms with Gasteiger partial charge in [-0.25, -0.2) is 0 Å². The number of fused-ring (bicyclic) bond motifs is 1. The van der Waals surface area contributed by atoms with Crippen molar-refractivity contribution in [1.29, 1.82) is 0 Å². The minimum atomic E-state index is -1.77. The Bertz CT molecular complexity index is 1670. The number of rotatable bonds is 10. The van der Waals surface area contributed by atoms with Gasteiger partial charge in [-0.1, -0.05) is 0 Å². The average molecular weight is 681 g/mol. The highest BCUT2D eigenvalue weighted by molar-refractivity contribution is 5.90. The van der Waals surface area contributed by atoms with Gasteiger partial charge >= 0.3 is 11.9 Å². The molecule has 0 radical (unpaired) electrons. The first-order valence-corrected chi connectivity index (χ1v) is 14.4. The number of aliphatic hydroxyl groups is 7. The molecule has 10 atom stereocenters. The molecule has 18 nitrogen and oxygen atoms in total. The van der Waals surface area contributed by atoms with E-state index in [1.165, 1.54) is 30.3 Å². The zero-order valence-electron chi connectivity index (χ0n) is 24.6. The molecule has 0 saturated carbocycles. The monoisotopic (exact) mass is 680 g/mol. The summed E-state index contributed by atoms with van der Waals surface area (Å²) in [7, 11) is 0. The van der Waals surface area contributed by atoms with Gasteiger partial charge in [-0.15, -0.1) is 0 Å². The van der Waals surface area contributed by atoms with Crippen molar-refractivity contribution in [3.8, 4) is 28.6 Å². The van der Waals surface area contributed by atoms with Crippen LogP contribution < -0.4 is 14.9 Å². The molecule has 3 aromatic rings. The van der Waals surface area contributed by atoms with Crippen molar-refractivity contribution in [2.24, 2.45) is 0 Å². The summed E-state index contributed by atoms with van der Waals surface area (Å²) in [6.45, 7) is -1.33. The molecule has 2 aromatic carbocycles. The van der Waals surface area contributed by atoms with Crippen LogP contribution in [-0.2, 0) is 23.8 Å². The lowest BCUT2D eigenvalue weighted by Gasteiger charge is -2.39. The predicted molar refractivity (Wildman–Crippen MR) is 155 cm³/mol. The zero-order valence-corrected chi connectivity index (χ0v) is 24.6. The number of carboxylic acids is 1. The van der Waals surface area contributed by atoms with Crippen LogP contribution in [0.15, 0.2) is 51.7 Å². The van der Waals surface area contributed by atoms with Crippen LogP contribution in [0.3, 0.4) is 0 Å². The number of esters is 1. The second-order valence-corrected chi connectivity index (χ2v) is 11.0. The molecule has 3 heterocycles. The molecule has 0 unspecified atom stereocenters. The minimum absolute atomic E-state index is 0.0270. The van der Waals surface area contributed by atoms with Crippen LogP contribution in [0, 0.1) is 0 Å². The van der Waals surface area contributed by atoms with Gasteiger partial charge in [-0.2, -0.15) is 0 Å². The van der Waals surface area contributed by atoms with Crippen molar-refractivity contribution in [3.63, 3.8) is 0 Å². The molecule has 1 aromatic heterocycles. The quantitative estimate of drug-likeness (QED) is 0.0793. The topological polar surface area (TPSA) is 293 Å². The van der Waals surface area contributed by atoms with Gasteiger partial charge in [0.15, 0.2) is 5.43 Å². The second-order valence-electron chi connectivity index (χ2n) is 11.0. The van der Waals surface area contributed by atoms with Crippen LogP contribution in [0.2, 0.25) is 0 Å². The SMILES string of the molecule is O=C(O)CC(=O)OC[C@H]1O[C@@H](Oc2ccc(-c3cc(=O)c4c(O)cc(O[C@@H]5O[C@H](CO)[C@@H](O)[C@H](O)[C@H]5O)cc4o3)cc2)[C@H](O)[C@@H](O)[C@@H]1O. The fourth-order valence-corrected chi connectivity index (χ4v) is 5.09. The van der Waals surface area contributed by atoms with E-state index in [2.05, 4.69) is 0 Å². The van der Waals surface area contributed by atoms with Crippen molar-refractivity contribution in [1.82, 2.24) is 0 Å². The van der Waals surface area contributed by atoms with Crippen molar-refractivity contribution in [3.05, 3.63) is 52.7 Å². The Morgan fingerprint density at radius 1 is 0.750 bits per heavy atom. The molecule has 9 N–H and O–H groups in total. The number of phenols is 1. The first-order valence-electron chi connectivity index (χ1n) is 14.4. The molecule has 48 heavy (non-hydrogen) atoms. The summed E-state index contributed by atoms with van der Waals surface area (Å²) >= 11 is 0. The molecular formula is C30H32O18. The molecule has 2 saturated heterocycles. The summed E-state index contributed by atoms with van der Waals surface area (Å²) in [5.41, 5.74) is -0.437. The van der Waals surface area contributed by atoms with E-state index < -0.39 is 104 Å². The van der Waals surface area contributed by atoms with Gasteiger partial charge in [-0.3, -0.25) is 14.4 Å². The minimum Gasteiger partial charge on any atom is -0.507 e. The molecule has 2 fully saturated rings. The summed E-state index contributed by atoms with van der Waals surface area (Å²) in [5, 5.41) is 89.6. The van der Waals surface area contributed by atoms with Gasteiger partial charge < -0.3 is 74.1 Å². The maximum absolute atomic E-state index is 12.9. The molecule has 0 spiro atoms. The molecule has 5 rings (SSSR count). The molecule has 0 amide bonds. The third kappa shape index (κ3) is 7.36. The lowest BCUT2D eigenvalue weighted by Crippen LogP contribution is -2.60. The lowest BCUT2D eigenvalue weighted by molar-refractivity contribution is -0.278. The van der Waals surface area contributed by atoms with Gasteiger partial charge in [0, 0.05) is 23.8 Å². The maximum Gasteiger partial charge on any atom is 0.317 e. The number of phenolic OH excluding ortho intramolecular Hbond substituents is 1. The fourth-order valence-electron chi connectivity index (χ4n) is 5.09. The van der Waals surface area contributed by atoms with Crippen molar-refractivity contribution >= 4 is 22.9 Å². The Balaban J connectivity index is 1.31. The highest BCUT2D eigenvalue weighted by Gasteiger charge is 2.46. The van der Waals surface area contributed by atoms with E-state index in [0.717, 1.165) is 12.1 Å². The van der Waals surface area contributed by atoms with Gasteiger partial charge in [0.05, 0.1) is 6.61 Å². The Hall–Kier alpha value is -4.37. The maximum atomic E-state index is 12.9. The number of carbonyl (C=O) groups is 2. The van der Waals surface area contributed by atoms with Crippen molar-refractivity contribution in [2.45, 2.75) is 67.8 Å². The van der Waals surface area contributed by atoms with Crippen LogP contribution in [0.1, 0.15) is 6.42 Å². The summed E-state index contributed by atoms with van der Waals surface area (Å²) in [5.74, 6) is -3.12. The lowest BCUT2D eigenvalue weighted by atomic mass is 9.99. The fraction of sp³-hybridized carbons (Fsp3) is 0.433. The Kier molecular flexibility index (Phi) is 10.5. The summed E-state index contributed by atoms with van der Waals surface area (Å²) in [6, 6.07) is 9.08. The average Bonchev–Trinajstić information content (AvgIpc) is 3.04. The number of carboxylic acid groups (broad SMARTS) is 1. The van der Waals surface area contributed by atoms with E-state index in [0.29, 0.717) is 5.56 Å². The normalized spacial score (nSPS) is 30.5. The van der Waals surface area contributed by atoms with Gasteiger partial charge in [0.25, 0.3) is 0 Å². The highest BCUT2D eigenvalue weighted by Crippen LogP contribution is 2.34. The van der Waals surface area contributed by atoms with Gasteiger partial charge in [0.2, 0.25) is 12.6 Å². The number of hydrogen-bond donors (Lipinski definition) is 9. The second kappa shape index (κ2) is 14.4. The number of aliphatic carboxylic acids is 1. The number of ether oxygens (including phenoxy) is 5. The molecule has 18 heteroatoms. The van der Waals surface area contributed by atoms with Crippen LogP contribution in [0.25, 0.3) is 22.3 Å². The molecule has 2 aliphatic heterocycles. The smallest absolute Gasteiger partial charge is 0.317 e. The van der Waals surface area contributed by atoms with Crippen LogP contribution in [-0.4, -0.2) is 133 Å². The number of benzene rings is 2. The summed E-state index contributed by atoms with van der Waals surface area (Å²) in [4.78, 5) is 35.1. The molecule has 0 aliphatic carbocycles. The third-order valence-corrected chi connectivity index (χ3v) is 7.65. The Morgan fingerprint density at radius 2 is 1.33 bits per heavy atom. The van der Waals surface area contributed by atoms with Crippen molar-refractivity contribution in [2.75, 3.05) is 13.2 Å². The van der Waals surface area contributed by atoms with E-state index >= 15 is 0 Å². The number of aromatic hydroxyl groups is 1. The molecule has 2 aliphatic rings. The zero-order chi connectivity index (χ0) is 34.9. The number of aliphatic hydroxyl groups excluding tert-OH is 7. The van der Waals surface area contributed by atoms with E-state index in [9.17, 15) is 55.2 Å². The van der Waals surface area contributed by atoms with Crippen LogP contribution in [0.4, 0.5) is 0 Å². The predicted octanol–water partition coefficient (Wildman–Crippen LogP) is -2.45. The van der Waals surface area contributed by atoms with E-state index in [1.807, 2.05) is 0 Å². The van der Waals surface area contributed by atoms with Crippen LogP contribution in [0.5, 0.6) is 17.2 Å². The third-order valence-electron chi connectivity index (χ3n) is 7.65. The van der Waals surface area contributed by atoms with E-state index in [1.54, 1.807) is 0 Å². The first kappa shape index (κ1) is 35.0. The van der Waals surface area contributed by atoms with Crippen molar-refractivity contribution < 1.29 is 83.6 Å². The van der Waals surface area contributed by atoms with Gasteiger partial charge in [-0.05, 0) is 24.3 Å². The Morgan fingerprint density at radius 3 is 1.94 bits per heavy atom. The highest BCUT2D eigenvalue weighted by atomic mass is 16.7. The summed E-state index contributed by atoms with van der Waals surface area (Å²) < 4.78 is 32.6. The number of hydrogen-bond acceptors (Lipinski definition) is 17. The largest absolute Gasteiger partial charge is 0.507 e. The first-order chi connectivity index (χ1) is 22.8. The number of carbonyl (C=O) groups excluding carboxylic acids is 1. The van der Waals surface area contributed by atoms with E-state index in [4.69, 9.17) is 33.2 Å². The molecule has 0 bridgehead atoms.